The molecule has 4 aromatic rings. The van der Waals surface area contributed by atoms with Gasteiger partial charge in [0.15, 0.2) is 5.69 Å². The quantitative estimate of drug-likeness (QED) is 0.427. The summed E-state index contributed by atoms with van der Waals surface area (Å²) >= 11 is 0. The molecule has 0 unspecified atom stereocenters. The van der Waals surface area contributed by atoms with Crippen molar-refractivity contribution in [1.29, 1.82) is 0 Å². The first-order valence-electron chi connectivity index (χ1n) is 7.04. The van der Waals surface area contributed by atoms with Gasteiger partial charge in [-0.15, -0.1) is 9.94 Å². The number of para-hydroxylation sites is 2. The zero-order valence-electron chi connectivity index (χ0n) is 12.0. The molecule has 0 aliphatic carbocycles. The Labute approximate surface area is 131 Å². The summed E-state index contributed by atoms with van der Waals surface area (Å²) in [5.41, 5.74) is 2.32. The molecule has 7 heteroatoms. The molecule has 0 atom stereocenters. The Hall–Kier alpha value is -3.48. The molecule has 2 aromatic carbocycles. The Morgan fingerprint density at radius 3 is 2.13 bits per heavy atom. The van der Waals surface area contributed by atoms with Gasteiger partial charge in [-0.05, 0) is 29.1 Å². The van der Waals surface area contributed by atoms with Crippen LogP contribution in [0.2, 0.25) is 0 Å². The van der Waals surface area contributed by atoms with Crippen LogP contribution in [-0.2, 0) is 0 Å². The first kappa shape index (κ1) is 13.2. The maximum absolute atomic E-state index is 12.5. The lowest BCUT2D eigenvalue weighted by atomic mass is 10.3. The summed E-state index contributed by atoms with van der Waals surface area (Å²) in [4.78, 5) is 3.46. The zero-order valence-corrected chi connectivity index (χ0v) is 12.0. The molecular weight excluding hydrogens is 292 g/mol. The van der Waals surface area contributed by atoms with Crippen molar-refractivity contribution >= 4 is 0 Å². The summed E-state index contributed by atoms with van der Waals surface area (Å²) in [6, 6.07) is 18.7. The first-order valence-corrected chi connectivity index (χ1v) is 7.04. The van der Waals surface area contributed by atoms with Crippen molar-refractivity contribution in [2.45, 2.75) is 0 Å². The van der Waals surface area contributed by atoms with E-state index in [-0.39, 0.29) is 0 Å². The smallest absolute Gasteiger partial charge is 0.227 e. The fraction of sp³-hybridized carbons (Fsp3) is 0. The molecule has 112 valence electrons. The van der Waals surface area contributed by atoms with E-state index < -0.39 is 0 Å². The van der Waals surface area contributed by atoms with E-state index in [1.165, 1.54) is 15.8 Å². The third-order valence-electron chi connectivity index (χ3n) is 3.40. The van der Waals surface area contributed by atoms with Gasteiger partial charge in [0.25, 0.3) is 0 Å². The molecule has 0 spiro atoms. The second kappa shape index (κ2) is 5.38. The van der Waals surface area contributed by atoms with E-state index in [2.05, 4.69) is 15.3 Å². The molecular formula is C16H12N6O. The second-order valence-corrected chi connectivity index (χ2v) is 4.88. The average Bonchev–Trinajstić information content (AvgIpc) is 3.23. The van der Waals surface area contributed by atoms with Crippen molar-refractivity contribution in [2.75, 3.05) is 0 Å². The van der Waals surface area contributed by atoms with Gasteiger partial charge in [0.2, 0.25) is 11.9 Å². The summed E-state index contributed by atoms with van der Waals surface area (Å²) in [5, 5.41) is 25.1. The molecule has 2 aromatic heterocycles. The lowest BCUT2D eigenvalue weighted by Crippen LogP contribution is -2.38. The number of hydrogen-bond donors (Lipinski definition) is 0. The standard InChI is InChI=1S/C16H12N6O/c23-22-16(12-18-21(22)14-9-5-2-6-10-14)15-11-17-20(19-15)13-7-3-1-4-8-13/h1-12H. The zero-order chi connectivity index (χ0) is 15.6. The fourth-order valence-electron chi connectivity index (χ4n) is 2.27. The number of hydrogen-bond acceptors (Lipinski definition) is 4. The molecule has 0 amide bonds. The van der Waals surface area contributed by atoms with Gasteiger partial charge in [-0.1, -0.05) is 36.4 Å². The van der Waals surface area contributed by atoms with Crippen LogP contribution in [0.4, 0.5) is 0 Å². The Kier molecular flexibility index (Phi) is 3.09. The van der Waals surface area contributed by atoms with Crippen molar-refractivity contribution in [3.05, 3.63) is 78.3 Å². The number of benzene rings is 2. The maximum atomic E-state index is 12.5. The van der Waals surface area contributed by atoms with Crippen molar-refractivity contribution in [2.24, 2.45) is 0 Å². The summed E-state index contributed by atoms with van der Waals surface area (Å²) in [5.74, 6) is 0. The topological polar surface area (TPSA) is 75.5 Å². The van der Waals surface area contributed by atoms with Gasteiger partial charge in [-0.2, -0.15) is 9.90 Å². The van der Waals surface area contributed by atoms with Crippen LogP contribution in [0.3, 0.4) is 0 Å². The summed E-state index contributed by atoms with van der Waals surface area (Å²) in [7, 11) is 0. The third kappa shape index (κ3) is 2.34. The summed E-state index contributed by atoms with van der Waals surface area (Å²) in [6.07, 6.45) is 3.03. The van der Waals surface area contributed by atoms with E-state index in [0.29, 0.717) is 21.9 Å². The molecule has 0 N–H and O–H groups in total. The van der Waals surface area contributed by atoms with Gasteiger partial charge in [-0.3, -0.25) is 0 Å². The average molecular weight is 304 g/mol. The molecule has 7 nitrogen and oxygen atoms in total. The van der Waals surface area contributed by atoms with Crippen LogP contribution in [0, 0.1) is 5.21 Å². The number of aromatic nitrogens is 6. The Bertz CT molecular complexity index is 930. The van der Waals surface area contributed by atoms with Crippen LogP contribution >= 0.6 is 0 Å². The van der Waals surface area contributed by atoms with Gasteiger partial charge in [0, 0.05) is 5.10 Å². The molecule has 0 saturated carbocycles. The van der Waals surface area contributed by atoms with Gasteiger partial charge >= 0.3 is 0 Å². The van der Waals surface area contributed by atoms with Crippen LogP contribution in [0.5, 0.6) is 0 Å². The fourth-order valence-corrected chi connectivity index (χ4v) is 2.27. The Morgan fingerprint density at radius 2 is 1.43 bits per heavy atom. The van der Waals surface area contributed by atoms with Crippen molar-refractivity contribution in [3.8, 4) is 22.8 Å². The minimum absolute atomic E-state index is 0.344. The van der Waals surface area contributed by atoms with Crippen LogP contribution in [0.1, 0.15) is 0 Å². The van der Waals surface area contributed by atoms with E-state index in [0.717, 1.165) is 5.69 Å². The van der Waals surface area contributed by atoms with Gasteiger partial charge in [-0.25, -0.2) is 0 Å². The molecule has 0 aliphatic heterocycles. The number of rotatable bonds is 3. The lowest BCUT2D eigenvalue weighted by molar-refractivity contribution is -0.678. The highest BCUT2D eigenvalue weighted by molar-refractivity contribution is 5.47. The van der Waals surface area contributed by atoms with Crippen molar-refractivity contribution in [3.63, 3.8) is 0 Å². The Balaban J connectivity index is 1.73. The SMILES string of the molecule is [O-][n+]1c(-c2cnn(-c3ccccc3)n2)cnn1-c1ccccc1. The van der Waals surface area contributed by atoms with E-state index in [9.17, 15) is 5.21 Å². The summed E-state index contributed by atoms with van der Waals surface area (Å²) < 4.78 is 0. The molecule has 2 heterocycles. The third-order valence-corrected chi connectivity index (χ3v) is 3.40. The molecule has 0 saturated heterocycles. The highest BCUT2D eigenvalue weighted by Crippen LogP contribution is 2.13. The highest BCUT2D eigenvalue weighted by Gasteiger charge is 2.18. The molecule has 23 heavy (non-hydrogen) atoms. The largest absolute Gasteiger partial charge is 0.692 e. The molecule has 0 radical (unpaired) electrons. The van der Waals surface area contributed by atoms with E-state index in [1.54, 1.807) is 6.20 Å². The lowest BCUT2D eigenvalue weighted by Gasteiger charge is -2.04. The highest BCUT2D eigenvalue weighted by atomic mass is 16.5. The van der Waals surface area contributed by atoms with Crippen molar-refractivity contribution < 1.29 is 4.85 Å². The van der Waals surface area contributed by atoms with Crippen LogP contribution in [0.15, 0.2) is 73.1 Å². The van der Waals surface area contributed by atoms with Gasteiger partial charge in [0.05, 0.1) is 11.9 Å². The molecule has 0 bridgehead atoms. The maximum Gasteiger partial charge on any atom is 0.227 e. The van der Waals surface area contributed by atoms with Crippen LogP contribution < -0.4 is 4.85 Å². The minimum atomic E-state index is 0.344. The summed E-state index contributed by atoms with van der Waals surface area (Å²) in [6.45, 7) is 0. The number of nitrogens with zero attached hydrogens (tertiary/aromatic N) is 6. The van der Waals surface area contributed by atoms with Gasteiger partial charge < -0.3 is 5.21 Å². The Morgan fingerprint density at radius 1 is 0.783 bits per heavy atom. The van der Waals surface area contributed by atoms with Gasteiger partial charge in [0.1, 0.15) is 5.69 Å². The predicted octanol–water partition coefficient (Wildman–Crippen LogP) is 1.75. The molecule has 0 aliphatic rings. The van der Waals surface area contributed by atoms with Crippen LogP contribution in [-0.4, -0.2) is 24.9 Å². The van der Waals surface area contributed by atoms with Crippen molar-refractivity contribution in [1.82, 2.24) is 24.9 Å². The normalized spacial score (nSPS) is 10.8. The van der Waals surface area contributed by atoms with Crippen LogP contribution in [0.25, 0.3) is 22.8 Å². The van der Waals surface area contributed by atoms with E-state index >= 15 is 0 Å². The first-order chi connectivity index (χ1) is 11.3. The minimum Gasteiger partial charge on any atom is -0.692 e. The predicted molar refractivity (Wildman–Crippen MR) is 82.9 cm³/mol. The molecule has 0 fully saturated rings. The monoisotopic (exact) mass is 304 g/mol. The second-order valence-electron chi connectivity index (χ2n) is 4.88. The van der Waals surface area contributed by atoms with E-state index in [4.69, 9.17) is 0 Å². The van der Waals surface area contributed by atoms with E-state index in [1.807, 2.05) is 60.7 Å². The molecule has 4 rings (SSSR count).